The summed E-state index contributed by atoms with van der Waals surface area (Å²) >= 11 is 1.43. The molecule has 1 unspecified atom stereocenters. The Kier molecular flexibility index (Phi) is 5.28. The van der Waals surface area contributed by atoms with Crippen molar-refractivity contribution in [3.8, 4) is 0 Å². The first-order valence-corrected chi connectivity index (χ1v) is 7.64. The van der Waals surface area contributed by atoms with E-state index in [1.807, 2.05) is 36.3 Å². The summed E-state index contributed by atoms with van der Waals surface area (Å²) in [5, 5.41) is 4.77. The number of nitrogens with one attached hydrogen (secondary N) is 1. The number of carbonyl (C=O) groups excluding carboxylic acids is 2. The van der Waals surface area contributed by atoms with Gasteiger partial charge in [0, 0.05) is 12.6 Å². The van der Waals surface area contributed by atoms with E-state index in [-0.39, 0.29) is 30.3 Å². The van der Waals surface area contributed by atoms with Crippen LogP contribution in [0.3, 0.4) is 0 Å². The van der Waals surface area contributed by atoms with Gasteiger partial charge in [0.15, 0.2) is 5.78 Å². The molecule has 0 aliphatic carbocycles. The molecule has 0 bridgehead atoms. The van der Waals surface area contributed by atoms with E-state index in [2.05, 4.69) is 5.32 Å². The molecule has 1 aliphatic heterocycles. The number of amides is 1. The molecule has 0 radical (unpaired) electrons. The first-order valence-electron chi connectivity index (χ1n) is 6.77. The fourth-order valence-corrected chi connectivity index (χ4v) is 2.81. The highest BCUT2D eigenvalue weighted by molar-refractivity contribution is 7.12. The van der Waals surface area contributed by atoms with Crippen LogP contribution in [0.5, 0.6) is 0 Å². The Morgan fingerprint density at radius 1 is 1.55 bits per heavy atom. The molecule has 1 saturated heterocycles. The summed E-state index contributed by atoms with van der Waals surface area (Å²) < 4.78 is 5.38. The smallest absolute Gasteiger partial charge is 0.239 e. The van der Waals surface area contributed by atoms with Crippen LogP contribution in [-0.4, -0.2) is 55.0 Å². The highest BCUT2D eigenvalue weighted by atomic mass is 32.1. The average molecular weight is 296 g/mol. The molecule has 20 heavy (non-hydrogen) atoms. The maximum absolute atomic E-state index is 12.2. The van der Waals surface area contributed by atoms with E-state index in [1.165, 1.54) is 11.3 Å². The van der Waals surface area contributed by atoms with Gasteiger partial charge < -0.3 is 10.1 Å². The van der Waals surface area contributed by atoms with Gasteiger partial charge in [-0.25, -0.2) is 0 Å². The van der Waals surface area contributed by atoms with Gasteiger partial charge >= 0.3 is 0 Å². The molecule has 1 aliphatic rings. The largest absolute Gasteiger partial charge is 0.378 e. The predicted octanol–water partition coefficient (Wildman–Crippen LogP) is 1.16. The zero-order valence-corrected chi connectivity index (χ0v) is 12.6. The minimum Gasteiger partial charge on any atom is -0.378 e. The van der Waals surface area contributed by atoms with Crippen molar-refractivity contribution < 1.29 is 14.3 Å². The highest BCUT2D eigenvalue weighted by Gasteiger charge is 2.31. The van der Waals surface area contributed by atoms with E-state index in [9.17, 15) is 9.59 Å². The summed E-state index contributed by atoms with van der Waals surface area (Å²) in [6.45, 7) is 5.61. The SMILES string of the molecule is CC(C)NC(=O)C1COCCN1CC(=O)c1cccs1. The molecule has 6 heteroatoms. The molecule has 1 fully saturated rings. The fraction of sp³-hybridized carbons (Fsp3) is 0.571. The first-order chi connectivity index (χ1) is 9.58. The summed E-state index contributed by atoms with van der Waals surface area (Å²) in [5.41, 5.74) is 0. The normalized spacial score (nSPS) is 20.1. The van der Waals surface area contributed by atoms with Crippen LogP contribution in [0.4, 0.5) is 0 Å². The molecule has 0 spiro atoms. The van der Waals surface area contributed by atoms with E-state index in [0.717, 1.165) is 4.88 Å². The summed E-state index contributed by atoms with van der Waals surface area (Å²) in [4.78, 5) is 26.9. The van der Waals surface area contributed by atoms with Crippen LogP contribution in [0.25, 0.3) is 0 Å². The number of ketones is 1. The number of carbonyl (C=O) groups is 2. The molecule has 2 heterocycles. The number of ether oxygens (including phenoxy) is 1. The second-order valence-electron chi connectivity index (χ2n) is 5.12. The number of hydrogen-bond donors (Lipinski definition) is 1. The Bertz CT molecular complexity index is 459. The van der Waals surface area contributed by atoms with E-state index in [4.69, 9.17) is 4.74 Å². The molecular weight excluding hydrogens is 276 g/mol. The number of thiophene rings is 1. The third kappa shape index (κ3) is 3.88. The highest BCUT2D eigenvalue weighted by Crippen LogP contribution is 2.13. The van der Waals surface area contributed by atoms with E-state index >= 15 is 0 Å². The second kappa shape index (κ2) is 6.97. The molecule has 1 atom stereocenters. The zero-order chi connectivity index (χ0) is 14.5. The summed E-state index contributed by atoms with van der Waals surface area (Å²) in [5.74, 6) is -0.0112. The number of hydrogen-bond acceptors (Lipinski definition) is 5. The third-order valence-electron chi connectivity index (χ3n) is 3.12. The van der Waals surface area contributed by atoms with Gasteiger partial charge in [0.25, 0.3) is 0 Å². The number of nitrogens with zero attached hydrogens (tertiary/aromatic N) is 1. The maximum atomic E-state index is 12.2. The van der Waals surface area contributed by atoms with Gasteiger partial charge in [0.2, 0.25) is 5.91 Å². The maximum Gasteiger partial charge on any atom is 0.239 e. The second-order valence-corrected chi connectivity index (χ2v) is 6.07. The van der Waals surface area contributed by atoms with Gasteiger partial charge in [-0.3, -0.25) is 14.5 Å². The molecule has 0 aromatic carbocycles. The molecule has 1 aromatic heterocycles. The van der Waals surface area contributed by atoms with Crippen molar-refractivity contribution >= 4 is 23.0 Å². The van der Waals surface area contributed by atoms with Crippen molar-refractivity contribution in [3.05, 3.63) is 22.4 Å². The summed E-state index contributed by atoms with van der Waals surface area (Å²) in [6, 6.07) is 3.38. The van der Waals surface area contributed by atoms with Crippen LogP contribution >= 0.6 is 11.3 Å². The molecular formula is C14H20N2O3S. The third-order valence-corrected chi connectivity index (χ3v) is 4.03. The lowest BCUT2D eigenvalue weighted by molar-refractivity contribution is -0.132. The predicted molar refractivity (Wildman–Crippen MR) is 78.1 cm³/mol. The number of morpholine rings is 1. The topological polar surface area (TPSA) is 58.6 Å². The molecule has 1 aromatic rings. The van der Waals surface area contributed by atoms with Gasteiger partial charge in [0.05, 0.1) is 24.6 Å². The standard InChI is InChI=1S/C14H20N2O3S/c1-10(2)15-14(18)11-9-19-6-5-16(11)8-12(17)13-4-3-7-20-13/h3-4,7,10-11H,5-6,8-9H2,1-2H3,(H,15,18). The Balaban J connectivity index is 2.00. The molecule has 5 nitrogen and oxygen atoms in total. The van der Waals surface area contributed by atoms with Gasteiger partial charge in [-0.2, -0.15) is 0 Å². The van der Waals surface area contributed by atoms with Crippen LogP contribution in [0.2, 0.25) is 0 Å². The van der Waals surface area contributed by atoms with Crippen molar-refractivity contribution in [2.24, 2.45) is 0 Å². The first kappa shape index (κ1) is 15.2. The van der Waals surface area contributed by atoms with Crippen molar-refractivity contribution in [1.82, 2.24) is 10.2 Å². The van der Waals surface area contributed by atoms with Crippen LogP contribution in [0, 0.1) is 0 Å². The van der Waals surface area contributed by atoms with Crippen LogP contribution in [0.15, 0.2) is 17.5 Å². The zero-order valence-electron chi connectivity index (χ0n) is 11.8. The van der Waals surface area contributed by atoms with Crippen LogP contribution < -0.4 is 5.32 Å². The average Bonchev–Trinajstić information content (AvgIpc) is 2.92. The fourth-order valence-electron chi connectivity index (χ4n) is 2.15. The number of Topliss-reactive ketones (excluding diaryl/α,β-unsaturated/α-hetero) is 1. The molecule has 0 saturated carbocycles. The minimum absolute atomic E-state index is 0.0595. The lowest BCUT2D eigenvalue weighted by Crippen LogP contribution is -2.55. The molecule has 1 amide bonds. The molecule has 1 N–H and O–H groups in total. The lowest BCUT2D eigenvalue weighted by Gasteiger charge is -2.34. The minimum atomic E-state index is -0.380. The lowest BCUT2D eigenvalue weighted by atomic mass is 10.1. The summed E-state index contributed by atoms with van der Waals surface area (Å²) in [6.07, 6.45) is 0. The molecule has 2 rings (SSSR count). The summed E-state index contributed by atoms with van der Waals surface area (Å²) in [7, 11) is 0. The Morgan fingerprint density at radius 2 is 2.35 bits per heavy atom. The Labute approximate surface area is 122 Å². The van der Waals surface area contributed by atoms with E-state index < -0.39 is 0 Å². The Hall–Kier alpha value is -1.24. The van der Waals surface area contributed by atoms with Gasteiger partial charge in [-0.05, 0) is 25.3 Å². The quantitative estimate of drug-likeness (QED) is 0.828. The van der Waals surface area contributed by atoms with Crippen molar-refractivity contribution in [2.45, 2.75) is 25.9 Å². The van der Waals surface area contributed by atoms with Crippen LogP contribution in [-0.2, 0) is 9.53 Å². The number of rotatable bonds is 5. The molecule has 110 valence electrons. The monoisotopic (exact) mass is 296 g/mol. The van der Waals surface area contributed by atoms with Crippen LogP contribution in [0.1, 0.15) is 23.5 Å². The Morgan fingerprint density at radius 3 is 3.00 bits per heavy atom. The van der Waals surface area contributed by atoms with Crippen molar-refractivity contribution in [2.75, 3.05) is 26.3 Å². The van der Waals surface area contributed by atoms with Gasteiger partial charge in [-0.1, -0.05) is 6.07 Å². The van der Waals surface area contributed by atoms with Gasteiger partial charge in [-0.15, -0.1) is 11.3 Å². The van der Waals surface area contributed by atoms with E-state index in [1.54, 1.807) is 0 Å². The van der Waals surface area contributed by atoms with Gasteiger partial charge in [0.1, 0.15) is 6.04 Å². The van der Waals surface area contributed by atoms with Crippen molar-refractivity contribution in [1.29, 1.82) is 0 Å². The van der Waals surface area contributed by atoms with Crippen molar-refractivity contribution in [3.63, 3.8) is 0 Å². The van der Waals surface area contributed by atoms with E-state index in [0.29, 0.717) is 19.8 Å².